The summed E-state index contributed by atoms with van der Waals surface area (Å²) in [4.78, 5) is 0. The van der Waals surface area contributed by atoms with Gasteiger partial charge in [0.25, 0.3) is 0 Å². The highest BCUT2D eigenvalue weighted by atomic mass is 35.5. The molecule has 0 saturated carbocycles. The summed E-state index contributed by atoms with van der Waals surface area (Å²) in [6, 6.07) is 16.3. The van der Waals surface area contributed by atoms with Crippen molar-refractivity contribution in [2.75, 3.05) is 7.11 Å². The SMILES string of the molecule is CCC(N)Cc1ccc(OCc2ccccc2)c(OC)c1.Cl. The lowest BCUT2D eigenvalue weighted by atomic mass is 10.0. The quantitative estimate of drug-likeness (QED) is 0.839. The van der Waals surface area contributed by atoms with Crippen LogP contribution in [0.25, 0.3) is 0 Å². The molecule has 0 saturated heterocycles. The predicted molar refractivity (Wildman–Crippen MR) is 93.0 cm³/mol. The first-order valence-corrected chi connectivity index (χ1v) is 7.32. The molecule has 0 spiro atoms. The Labute approximate surface area is 138 Å². The molecule has 1 atom stereocenters. The minimum Gasteiger partial charge on any atom is -0.493 e. The fraction of sp³-hybridized carbons (Fsp3) is 0.333. The largest absolute Gasteiger partial charge is 0.493 e. The second-order valence-corrected chi connectivity index (χ2v) is 5.13. The van der Waals surface area contributed by atoms with Crippen LogP contribution in [0.1, 0.15) is 24.5 Å². The lowest BCUT2D eigenvalue weighted by Crippen LogP contribution is -2.21. The van der Waals surface area contributed by atoms with Crippen molar-refractivity contribution >= 4 is 12.4 Å². The van der Waals surface area contributed by atoms with Gasteiger partial charge < -0.3 is 15.2 Å². The Kier molecular flexibility index (Phi) is 7.78. The standard InChI is InChI=1S/C18H23NO2.ClH/c1-3-16(19)11-15-9-10-17(18(12-15)20-2)21-13-14-7-5-4-6-8-14;/h4-10,12,16H,3,11,13,19H2,1-2H3;1H. The van der Waals surface area contributed by atoms with Gasteiger partial charge in [0.2, 0.25) is 0 Å². The van der Waals surface area contributed by atoms with Crippen molar-refractivity contribution in [3.8, 4) is 11.5 Å². The van der Waals surface area contributed by atoms with E-state index in [2.05, 4.69) is 13.0 Å². The number of rotatable bonds is 7. The smallest absolute Gasteiger partial charge is 0.161 e. The number of nitrogens with two attached hydrogens (primary N) is 1. The second-order valence-electron chi connectivity index (χ2n) is 5.13. The van der Waals surface area contributed by atoms with E-state index in [1.54, 1.807) is 7.11 Å². The van der Waals surface area contributed by atoms with E-state index in [4.69, 9.17) is 15.2 Å². The predicted octanol–water partition coefficient (Wildman–Crippen LogP) is 3.98. The summed E-state index contributed by atoms with van der Waals surface area (Å²) in [6.45, 7) is 2.63. The van der Waals surface area contributed by atoms with Gasteiger partial charge in [-0.1, -0.05) is 43.3 Å². The van der Waals surface area contributed by atoms with E-state index in [1.165, 1.54) is 5.56 Å². The molecule has 2 aromatic carbocycles. The molecule has 4 heteroatoms. The Morgan fingerprint density at radius 2 is 1.73 bits per heavy atom. The average Bonchev–Trinajstić information content (AvgIpc) is 2.54. The van der Waals surface area contributed by atoms with Crippen molar-refractivity contribution in [1.82, 2.24) is 0 Å². The third-order valence-electron chi connectivity index (χ3n) is 3.49. The number of hydrogen-bond donors (Lipinski definition) is 1. The number of benzene rings is 2. The molecule has 2 N–H and O–H groups in total. The molecule has 22 heavy (non-hydrogen) atoms. The molecule has 2 rings (SSSR count). The van der Waals surface area contributed by atoms with Crippen LogP contribution >= 0.6 is 12.4 Å². The fourth-order valence-corrected chi connectivity index (χ4v) is 2.14. The average molecular weight is 322 g/mol. The normalized spacial score (nSPS) is 11.4. The van der Waals surface area contributed by atoms with Gasteiger partial charge in [0, 0.05) is 6.04 Å². The maximum Gasteiger partial charge on any atom is 0.161 e. The van der Waals surface area contributed by atoms with Crippen molar-refractivity contribution < 1.29 is 9.47 Å². The van der Waals surface area contributed by atoms with Gasteiger partial charge in [-0.15, -0.1) is 12.4 Å². The molecule has 120 valence electrons. The highest BCUT2D eigenvalue weighted by Crippen LogP contribution is 2.29. The summed E-state index contributed by atoms with van der Waals surface area (Å²) in [5.41, 5.74) is 8.31. The first-order valence-electron chi connectivity index (χ1n) is 7.32. The van der Waals surface area contributed by atoms with E-state index in [9.17, 15) is 0 Å². The van der Waals surface area contributed by atoms with E-state index in [0.717, 1.165) is 29.9 Å². The Morgan fingerprint density at radius 3 is 2.36 bits per heavy atom. The summed E-state index contributed by atoms with van der Waals surface area (Å²) in [5, 5.41) is 0. The molecule has 0 aliphatic heterocycles. The van der Waals surface area contributed by atoms with E-state index in [1.807, 2.05) is 42.5 Å². The molecule has 0 aliphatic rings. The number of hydrogen-bond acceptors (Lipinski definition) is 3. The van der Waals surface area contributed by atoms with Crippen LogP contribution in [0.3, 0.4) is 0 Å². The van der Waals surface area contributed by atoms with Crippen LogP contribution in [0, 0.1) is 0 Å². The molecule has 3 nitrogen and oxygen atoms in total. The summed E-state index contributed by atoms with van der Waals surface area (Å²) in [7, 11) is 1.66. The Bertz CT molecular complexity index is 560. The van der Waals surface area contributed by atoms with Crippen LogP contribution < -0.4 is 15.2 Å². The highest BCUT2D eigenvalue weighted by Gasteiger charge is 2.08. The molecule has 0 amide bonds. The first-order chi connectivity index (χ1) is 10.2. The molecule has 0 aromatic heterocycles. The van der Waals surface area contributed by atoms with Crippen LogP contribution in [0.15, 0.2) is 48.5 Å². The van der Waals surface area contributed by atoms with Crippen LogP contribution in [-0.2, 0) is 13.0 Å². The molecule has 0 aliphatic carbocycles. The molecule has 2 aromatic rings. The van der Waals surface area contributed by atoms with Crippen molar-refractivity contribution in [1.29, 1.82) is 0 Å². The Morgan fingerprint density at radius 1 is 1.00 bits per heavy atom. The molecule has 0 heterocycles. The highest BCUT2D eigenvalue weighted by molar-refractivity contribution is 5.85. The molecular formula is C18H24ClNO2. The van der Waals surface area contributed by atoms with Crippen molar-refractivity contribution in [3.63, 3.8) is 0 Å². The maximum atomic E-state index is 6.00. The minimum atomic E-state index is 0. The summed E-state index contributed by atoms with van der Waals surface area (Å²) in [5.74, 6) is 1.52. The zero-order chi connectivity index (χ0) is 15.1. The van der Waals surface area contributed by atoms with E-state index >= 15 is 0 Å². The van der Waals surface area contributed by atoms with E-state index in [0.29, 0.717) is 6.61 Å². The Balaban J connectivity index is 0.00000242. The first kappa shape index (κ1) is 18.3. The summed E-state index contributed by atoms with van der Waals surface area (Å²) < 4.78 is 11.3. The zero-order valence-electron chi connectivity index (χ0n) is 13.1. The topological polar surface area (TPSA) is 44.5 Å². The monoisotopic (exact) mass is 321 g/mol. The van der Waals surface area contributed by atoms with Gasteiger partial charge in [-0.05, 0) is 36.1 Å². The van der Waals surface area contributed by atoms with Crippen LogP contribution in [0.2, 0.25) is 0 Å². The molecule has 0 fully saturated rings. The molecular weight excluding hydrogens is 298 g/mol. The minimum absolute atomic E-state index is 0. The lowest BCUT2D eigenvalue weighted by molar-refractivity contribution is 0.284. The van der Waals surface area contributed by atoms with Gasteiger partial charge >= 0.3 is 0 Å². The zero-order valence-corrected chi connectivity index (χ0v) is 13.9. The number of methoxy groups -OCH3 is 1. The van der Waals surface area contributed by atoms with Crippen molar-refractivity contribution in [2.45, 2.75) is 32.4 Å². The van der Waals surface area contributed by atoms with Crippen molar-refractivity contribution in [2.24, 2.45) is 5.73 Å². The van der Waals surface area contributed by atoms with E-state index in [-0.39, 0.29) is 18.4 Å². The van der Waals surface area contributed by atoms with Gasteiger partial charge in [0.05, 0.1) is 7.11 Å². The fourth-order valence-electron chi connectivity index (χ4n) is 2.14. The number of halogens is 1. The van der Waals surface area contributed by atoms with Gasteiger partial charge in [-0.3, -0.25) is 0 Å². The van der Waals surface area contributed by atoms with Gasteiger partial charge in [0.15, 0.2) is 11.5 Å². The van der Waals surface area contributed by atoms with Crippen LogP contribution in [0.4, 0.5) is 0 Å². The number of ether oxygens (including phenoxy) is 2. The molecule has 0 bridgehead atoms. The van der Waals surface area contributed by atoms with Gasteiger partial charge in [-0.2, -0.15) is 0 Å². The molecule has 0 radical (unpaired) electrons. The van der Waals surface area contributed by atoms with Gasteiger partial charge in [0.1, 0.15) is 6.61 Å². The third-order valence-corrected chi connectivity index (χ3v) is 3.49. The summed E-state index contributed by atoms with van der Waals surface area (Å²) in [6.07, 6.45) is 1.82. The summed E-state index contributed by atoms with van der Waals surface area (Å²) >= 11 is 0. The third kappa shape index (κ3) is 5.24. The van der Waals surface area contributed by atoms with Gasteiger partial charge in [-0.25, -0.2) is 0 Å². The van der Waals surface area contributed by atoms with E-state index < -0.39 is 0 Å². The van der Waals surface area contributed by atoms with Crippen LogP contribution in [0.5, 0.6) is 11.5 Å². The van der Waals surface area contributed by atoms with Crippen molar-refractivity contribution in [3.05, 3.63) is 59.7 Å². The second kappa shape index (κ2) is 9.34. The Hall–Kier alpha value is -1.71. The lowest BCUT2D eigenvalue weighted by Gasteiger charge is -2.14. The van der Waals surface area contributed by atoms with Crippen LogP contribution in [-0.4, -0.2) is 13.2 Å². The maximum absolute atomic E-state index is 6.00. The molecule has 1 unspecified atom stereocenters.